The topological polar surface area (TPSA) is 64.7 Å². The molecular weight excluding hydrogens is 406 g/mol. The summed E-state index contributed by atoms with van der Waals surface area (Å²) in [6.07, 6.45) is 5.51. The number of nitrogens with zero attached hydrogens (tertiary/aromatic N) is 4. The number of benzene rings is 1. The van der Waals surface area contributed by atoms with E-state index in [0.717, 1.165) is 15.7 Å². The minimum absolute atomic E-state index is 0.0756. The first-order valence-corrected chi connectivity index (χ1v) is 8.93. The fourth-order valence-electron chi connectivity index (χ4n) is 2.42. The van der Waals surface area contributed by atoms with Crippen LogP contribution in [-0.4, -0.2) is 25.5 Å². The van der Waals surface area contributed by atoms with Gasteiger partial charge in [-0.05, 0) is 40.5 Å². The van der Waals surface area contributed by atoms with Crippen molar-refractivity contribution in [3.05, 3.63) is 63.6 Å². The quantitative estimate of drug-likeness (QED) is 0.655. The molecule has 0 aliphatic rings. The van der Waals surface area contributed by atoms with Gasteiger partial charge in [0.1, 0.15) is 0 Å². The Morgan fingerprint density at radius 1 is 1.32 bits per heavy atom. The summed E-state index contributed by atoms with van der Waals surface area (Å²) in [5.74, 6) is -0.0756. The van der Waals surface area contributed by atoms with Gasteiger partial charge in [-0.2, -0.15) is 10.2 Å². The molecule has 6 nitrogen and oxygen atoms in total. The van der Waals surface area contributed by atoms with Crippen LogP contribution in [-0.2, 0) is 17.9 Å². The minimum atomic E-state index is -0.0756. The molecule has 0 radical (unpaired) electrons. The molecule has 0 spiro atoms. The third kappa shape index (κ3) is 4.70. The van der Waals surface area contributed by atoms with Crippen molar-refractivity contribution in [2.24, 2.45) is 0 Å². The van der Waals surface area contributed by atoms with Crippen molar-refractivity contribution in [2.75, 3.05) is 5.32 Å². The van der Waals surface area contributed by atoms with Gasteiger partial charge in [0.05, 0.1) is 35.6 Å². The van der Waals surface area contributed by atoms with Crippen LogP contribution in [0, 0.1) is 6.92 Å². The highest BCUT2D eigenvalue weighted by Crippen LogP contribution is 2.15. The Hall–Kier alpha value is -2.12. The third-order valence-corrected chi connectivity index (χ3v) is 4.76. The molecule has 1 amide bonds. The number of carbonyl (C=O) groups is 1. The van der Waals surface area contributed by atoms with E-state index in [4.69, 9.17) is 11.6 Å². The smallest absolute Gasteiger partial charge is 0.226 e. The third-order valence-electron chi connectivity index (χ3n) is 3.74. The molecular formula is C17H17BrClN5O. The monoisotopic (exact) mass is 421 g/mol. The van der Waals surface area contributed by atoms with Crippen LogP contribution in [0.2, 0.25) is 5.02 Å². The van der Waals surface area contributed by atoms with E-state index in [-0.39, 0.29) is 5.91 Å². The molecule has 2 heterocycles. The molecule has 8 heteroatoms. The Kier molecular flexibility index (Phi) is 5.55. The zero-order valence-corrected chi connectivity index (χ0v) is 16.0. The van der Waals surface area contributed by atoms with Crippen LogP contribution in [0.4, 0.5) is 5.69 Å². The van der Waals surface area contributed by atoms with E-state index in [1.54, 1.807) is 28.0 Å². The minimum Gasteiger partial charge on any atom is -0.323 e. The van der Waals surface area contributed by atoms with Crippen molar-refractivity contribution < 1.29 is 4.79 Å². The Morgan fingerprint density at radius 2 is 2.16 bits per heavy atom. The molecule has 0 aliphatic heterocycles. The summed E-state index contributed by atoms with van der Waals surface area (Å²) < 4.78 is 4.50. The summed E-state index contributed by atoms with van der Waals surface area (Å²) in [7, 11) is 0. The number of anilines is 1. The molecule has 0 unspecified atom stereocenters. The lowest BCUT2D eigenvalue weighted by Crippen LogP contribution is -2.15. The highest BCUT2D eigenvalue weighted by Gasteiger charge is 2.08. The second kappa shape index (κ2) is 7.84. The van der Waals surface area contributed by atoms with Crippen molar-refractivity contribution in [2.45, 2.75) is 26.4 Å². The van der Waals surface area contributed by atoms with Crippen LogP contribution < -0.4 is 5.32 Å². The largest absolute Gasteiger partial charge is 0.323 e. The predicted octanol–water partition coefficient (Wildman–Crippen LogP) is 3.88. The standard InChI is InChI=1S/C17H17BrClN5O/c1-12-16(18)9-21-24(12)6-5-17(25)22-15-8-20-23(11-15)10-13-3-2-4-14(19)7-13/h2-4,7-9,11H,5-6,10H2,1H3,(H,22,25). The number of hydrogen-bond donors (Lipinski definition) is 1. The lowest BCUT2D eigenvalue weighted by Gasteiger charge is -2.05. The van der Waals surface area contributed by atoms with E-state index in [9.17, 15) is 4.79 Å². The number of aryl methyl sites for hydroxylation is 1. The summed E-state index contributed by atoms with van der Waals surface area (Å²) in [5, 5.41) is 12.0. The molecule has 1 N–H and O–H groups in total. The van der Waals surface area contributed by atoms with E-state index in [1.807, 2.05) is 31.2 Å². The van der Waals surface area contributed by atoms with Gasteiger partial charge in [0, 0.05) is 23.3 Å². The maximum Gasteiger partial charge on any atom is 0.226 e. The maximum absolute atomic E-state index is 12.1. The average Bonchev–Trinajstić information content (AvgIpc) is 3.13. The van der Waals surface area contributed by atoms with E-state index < -0.39 is 0 Å². The number of halogens is 2. The lowest BCUT2D eigenvalue weighted by molar-refractivity contribution is -0.116. The Morgan fingerprint density at radius 3 is 2.88 bits per heavy atom. The Bertz CT molecular complexity index is 889. The van der Waals surface area contributed by atoms with Gasteiger partial charge in [-0.1, -0.05) is 23.7 Å². The van der Waals surface area contributed by atoms with Gasteiger partial charge in [-0.15, -0.1) is 0 Å². The molecule has 3 rings (SSSR count). The van der Waals surface area contributed by atoms with Crippen molar-refractivity contribution in [1.82, 2.24) is 19.6 Å². The summed E-state index contributed by atoms with van der Waals surface area (Å²) in [6.45, 7) is 3.08. The first kappa shape index (κ1) is 17.7. The van der Waals surface area contributed by atoms with Gasteiger partial charge in [-0.25, -0.2) is 0 Å². The second-order valence-electron chi connectivity index (χ2n) is 5.66. The van der Waals surface area contributed by atoms with Crippen LogP contribution in [0.3, 0.4) is 0 Å². The first-order chi connectivity index (χ1) is 12.0. The molecule has 130 valence electrons. The van der Waals surface area contributed by atoms with Gasteiger partial charge in [0.15, 0.2) is 0 Å². The van der Waals surface area contributed by atoms with E-state index >= 15 is 0 Å². The fourth-order valence-corrected chi connectivity index (χ4v) is 2.93. The predicted molar refractivity (Wildman–Crippen MR) is 101 cm³/mol. The fraction of sp³-hybridized carbons (Fsp3) is 0.235. The van der Waals surface area contributed by atoms with E-state index in [2.05, 4.69) is 31.4 Å². The van der Waals surface area contributed by atoms with Crippen LogP contribution in [0.1, 0.15) is 17.7 Å². The van der Waals surface area contributed by atoms with Crippen molar-refractivity contribution >= 4 is 39.1 Å². The van der Waals surface area contributed by atoms with Crippen molar-refractivity contribution in [3.63, 3.8) is 0 Å². The van der Waals surface area contributed by atoms with Crippen LogP contribution >= 0.6 is 27.5 Å². The van der Waals surface area contributed by atoms with E-state index in [1.165, 1.54) is 0 Å². The van der Waals surface area contributed by atoms with Crippen molar-refractivity contribution in [3.8, 4) is 0 Å². The Labute approximate surface area is 158 Å². The molecule has 0 bridgehead atoms. The molecule has 0 saturated heterocycles. The number of amides is 1. The molecule has 3 aromatic rings. The highest BCUT2D eigenvalue weighted by molar-refractivity contribution is 9.10. The highest BCUT2D eigenvalue weighted by atomic mass is 79.9. The molecule has 0 atom stereocenters. The summed E-state index contributed by atoms with van der Waals surface area (Å²) in [5.41, 5.74) is 2.72. The summed E-state index contributed by atoms with van der Waals surface area (Å²) >= 11 is 9.39. The number of rotatable bonds is 6. The normalized spacial score (nSPS) is 10.8. The maximum atomic E-state index is 12.1. The van der Waals surface area contributed by atoms with Gasteiger partial charge in [0.25, 0.3) is 0 Å². The van der Waals surface area contributed by atoms with Gasteiger partial charge >= 0.3 is 0 Å². The van der Waals surface area contributed by atoms with Crippen molar-refractivity contribution in [1.29, 1.82) is 0 Å². The van der Waals surface area contributed by atoms with Crippen LogP contribution in [0.5, 0.6) is 0 Å². The number of nitrogens with one attached hydrogen (secondary N) is 1. The molecule has 1 aromatic carbocycles. The molecule has 0 saturated carbocycles. The molecule has 2 aromatic heterocycles. The van der Waals surface area contributed by atoms with Crippen LogP contribution in [0.15, 0.2) is 47.3 Å². The first-order valence-electron chi connectivity index (χ1n) is 7.76. The average molecular weight is 423 g/mol. The second-order valence-corrected chi connectivity index (χ2v) is 6.95. The lowest BCUT2D eigenvalue weighted by atomic mass is 10.2. The zero-order chi connectivity index (χ0) is 17.8. The summed E-state index contributed by atoms with van der Waals surface area (Å²) in [4.78, 5) is 12.1. The zero-order valence-electron chi connectivity index (χ0n) is 13.6. The number of aromatic nitrogens is 4. The number of carbonyl (C=O) groups excluding carboxylic acids is 1. The molecule has 0 aliphatic carbocycles. The van der Waals surface area contributed by atoms with Gasteiger partial charge < -0.3 is 5.32 Å². The van der Waals surface area contributed by atoms with Crippen LogP contribution in [0.25, 0.3) is 0 Å². The SMILES string of the molecule is Cc1c(Br)cnn1CCC(=O)Nc1cnn(Cc2cccc(Cl)c2)c1. The number of hydrogen-bond acceptors (Lipinski definition) is 3. The van der Waals surface area contributed by atoms with E-state index in [0.29, 0.717) is 30.2 Å². The summed E-state index contributed by atoms with van der Waals surface area (Å²) in [6, 6.07) is 7.61. The van der Waals surface area contributed by atoms with Gasteiger partial charge in [0.2, 0.25) is 5.91 Å². The molecule has 25 heavy (non-hydrogen) atoms. The molecule has 0 fully saturated rings. The van der Waals surface area contributed by atoms with Gasteiger partial charge in [-0.3, -0.25) is 14.2 Å². The Balaban J connectivity index is 1.54.